The Labute approximate surface area is 169 Å². The Morgan fingerprint density at radius 2 is 1.61 bits per heavy atom. The number of rotatable bonds is 6. The van der Waals surface area contributed by atoms with E-state index in [0.717, 1.165) is 39.1 Å². The fourth-order valence-corrected chi connectivity index (χ4v) is 4.89. The van der Waals surface area contributed by atoms with Crippen LogP contribution in [0.4, 0.5) is 0 Å². The lowest BCUT2D eigenvalue weighted by molar-refractivity contribution is 0.0354. The van der Waals surface area contributed by atoms with Crippen LogP contribution in [0.15, 0.2) is 60.7 Å². The van der Waals surface area contributed by atoms with Crippen molar-refractivity contribution in [2.75, 3.05) is 39.3 Å². The van der Waals surface area contributed by atoms with Gasteiger partial charge in [-0.2, -0.15) is 0 Å². The molecular formula is C24H33N3O. The van der Waals surface area contributed by atoms with E-state index in [1.807, 2.05) is 6.07 Å². The lowest BCUT2D eigenvalue weighted by Gasteiger charge is -2.44. The number of nitrogens with zero attached hydrogens (tertiary/aromatic N) is 2. The highest BCUT2D eigenvalue weighted by Crippen LogP contribution is 2.25. The van der Waals surface area contributed by atoms with Gasteiger partial charge < -0.3 is 10.4 Å². The lowest BCUT2D eigenvalue weighted by atomic mass is 9.92. The second-order valence-corrected chi connectivity index (χ2v) is 8.20. The van der Waals surface area contributed by atoms with Crippen LogP contribution in [0, 0.1) is 0 Å². The van der Waals surface area contributed by atoms with Gasteiger partial charge >= 0.3 is 0 Å². The van der Waals surface area contributed by atoms with Crippen LogP contribution in [0.3, 0.4) is 0 Å². The molecule has 28 heavy (non-hydrogen) atoms. The van der Waals surface area contributed by atoms with E-state index in [1.54, 1.807) is 0 Å². The average molecular weight is 380 g/mol. The molecule has 0 bridgehead atoms. The summed E-state index contributed by atoms with van der Waals surface area (Å²) in [6, 6.07) is 22.7. The molecule has 3 unspecified atom stereocenters. The van der Waals surface area contributed by atoms with Gasteiger partial charge in [-0.1, -0.05) is 60.7 Å². The molecule has 2 aromatic rings. The number of nitrogens with one attached hydrogen (secondary N) is 1. The number of aliphatic hydroxyl groups excluding tert-OH is 1. The molecule has 0 saturated carbocycles. The molecule has 0 aromatic heterocycles. The van der Waals surface area contributed by atoms with Crippen LogP contribution in [0.5, 0.6) is 0 Å². The van der Waals surface area contributed by atoms with Crippen molar-refractivity contribution in [3.63, 3.8) is 0 Å². The maximum Gasteiger partial charge on any atom is 0.0628 e. The van der Waals surface area contributed by atoms with Crippen LogP contribution >= 0.6 is 0 Å². The van der Waals surface area contributed by atoms with Gasteiger partial charge in [-0.25, -0.2) is 0 Å². The van der Waals surface area contributed by atoms with Gasteiger partial charge in [0.1, 0.15) is 0 Å². The highest BCUT2D eigenvalue weighted by Gasteiger charge is 2.31. The summed E-state index contributed by atoms with van der Waals surface area (Å²) in [4.78, 5) is 5.14. The first-order valence-electron chi connectivity index (χ1n) is 10.7. The van der Waals surface area contributed by atoms with Gasteiger partial charge in [0.2, 0.25) is 0 Å². The van der Waals surface area contributed by atoms with Gasteiger partial charge in [-0.15, -0.1) is 0 Å². The standard InChI is InChI=1S/C24H33N3O/c28-19-24(21-9-5-2-6-10-21)27-15-13-26(14-16-27)23-11-12-25-22(18-23)17-20-7-3-1-4-8-20/h1-10,22-25,28H,11-19H2. The fraction of sp³-hybridized carbons (Fsp3) is 0.500. The van der Waals surface area contributed by atoms with E-state index in [0.29, 0.717) is 12.1 Å². The molecule has 0 amide bonds. The van der Waals surface area contributed by atoms with E-state index in [9.17, 15) is 5.11 Å². The van der Waals surface area contributed by atoms with Crippen molar-refractivity contribution in [1.82, 2.24) is 15.1 Å². The van der Waals surface area contributed by atoms with E-state index in [4.69, 9.17) is 0 Å². The van der Waals surface area contributed by atoms with Crippen molar-refractivity contribution < 1.29 is 5.11 Å². The molecule has 2 fully saturated rings. The van der Waals surface area contributed by atoms with Crippen LogP contribution in [0.1, 0.15) is 30.0 Å². The van der Waals surface area contributed by atoms with Gasteiger partial charge in [-0.3, -0.25) is 9.80 Å². The normalized spacial score (nSPS) is 25.5. The Morgan fingerprint density at radius 1 is 0.929 bits per heavy atom. The molecule has 2 aliphatic heterocycles. The van der Waals surface area contributed by atoms with Crippen LogP contribution < -0.4 is 5.32 Å². The molecule has 150 valence electrons. The van der Waals surface area contributed by atoms with Crippen molar-refractivity contribution in [2.24, 2.45) is 0 Å². The van der Waals surface area contributed by atoms with Crippen molar-refractivity contribution in [3.05, 3.63) is 71.8 Å². The minimum absolute atomic E-state index is 0.127. The van der Waals surface area contributed by atoms with Gasteiger partial charge in [-0.05, 0) is 36.9 Å². The Kier molecular flexibility index (Phi) is 6.76. The second kappa shape index (κ2) is 9.66. The Morgan fingerprint density at radius 3 is 2.29 bits per heavy atom. The quantitative estimate of drug-likeness (QED) is 0.810. The monoisotopic (exact) mass is 379 g/mol. The predicted molar refractivity (Wildman–Crippen MR) is 114 cm³/mol. The summed E-state index contributed by atoms with van der Waals surface area (Å²) >= 11 is 0. The first-order chi connectivity index (χ1) is 13.8. The summed E-state index contributed by atoms with van der Waals surface area (Å²) in [5.41, 5.74) is 2.65. The Hall–Kier alpha value is -1.72. The summed E-state index contributed by atoms with van der Waals surface area (Å²) in [6.45, 7) is 5.58. The number of aliphatic hydroxyl groups is 1. The number of benzene rings is 2. The molecule has 0 radical (unpaired) electrons. The summed E-state index contributed by atoms with van der Waals surface area (Å²) in [7, 11) is 0. The Bertz CT molecular complexity index is 700. The maximum atomic E-state index is 9.96. The van der Waals surface area contributed by atoms with Gasteiger partial charge in [0.25, 0.3) is 0 Å². The first-order valence-corrected chi connectivity index (χ1v) is 10.7. The lowest BCUT2D eigenvalue weighted by Crippen LogP contribution is -2.55. The topological polar surface area (TPSA) is 38.7 Å². The molecule has 0 spiro atoms. The SMILES string of the molecule is OCC(c1ccccc1)N1CCN(C2CCNC(Cc3ccccc3)C2)CC1. The summed E-state index contributed by atoms with van der Waals surface area (Å²) in [5, 5.41) is 13.7. The molecule has 2 aliphatic rings. The van der Waals surface area contributed by atoms with Gasteiger partial charge in [0.15, 0.2) is 0 Å². The van der Waals surface area contributed by atoms with Crippen molar-refractivity contribution in [3.8, 4) is 0 Å². The van der Waals surface area contributed by atoms with E-state index < -0.39 is 0 Å². The van der Waals surface area contributed by atoms with Crippen LogP contribution in [0.2, 0.25) is 0 Å². The molecule has 2 heterocycles. The molecule has 2 aromatic carbocycles. The molecule has 4 rings (SSSR count). The zero-order chi connectivity index (χ0) is 19.2. The average Bonchev–Trinajstić information content (AvgIpc) is 2.76. The first kappa shape index (κ1) is 19.6. The molecule has 2 N–H and O–H groups in total. The number of hydrogen-bond donors (Lipinski definition) is 2. The largest absolute Gasteiger partial charge is 0.394 e. The fourth-order valence-electron chi connectivity index (χ4n) is 4.89. The van der Waals surface area contributed by atoms with E-state index in [2.05, 4.69) is 69.7 Å². The molecule has 0 aliphatic carbocycles. The molecule has 3 atom stereocenters. The van der Waals surface area contributed by atoms with Crippen LogP contribution in [-0.2, 0) is 6.42 Å². The minimum atomic E-state index is 0.127. The molecule has 2 saturated heterocycles. The number of hydrogen-bond acceptors (Lipinski definition) is 4. The summed E-state index contributed by atoms with van der Waals surface area (Å²) in [6.07, 6.45) is 3.60. The Balaban J connectivity index is 1.30. The highest BCUT2D eigenvalue weighted by molar-refractivity contribution is 5.19. The third-order valence-electron chi connectivity index (χ3n) is 6.46. The zero-order valence-corrected chi connectivity index (χ0v) is 16.7. The van der Waals surface area contributed by atoms with Crippen LogP contribution in [0.25, 0.3) is 0 Å². The molecular weight excluding hydrogens is 346 g/mol. The second-order valence-electron chi connectivity index (χ2n) is 8.20. The number of piperazine rings is 1. The predicted octanol–water partition coefficient (Wildman–Crippen LogP) is 2.70. The summed E-state index contributed by atoms with van der Waals surface area (Å²) < 4.78 is 0. The third kappa shape index (κ3) is 4.81. The van der Waals surface area contributed by atoms with Crippen molar-refractivity contribution in [1.29, 1.82) is 0 Å². The zero-order valence-electron chi connectivity index (χ0n) is 16.7. The smallest absolute Gasteiger partial charge is 0.0628 e. The highest BCUT2D eigenvalue weighted by atomic mass is 16.3. The van der Waals surface area contributed by atoms with Crippen LogP contribution in [-0.4, -0.2) is 66.3 Å². The third-order valence-corrected chi connectivity index (χ3v) is 6.46. The maximum absolute atomic E-state index is 9.96. The van der Waals surface area contributed by atoms with E-state index in [1.165, 1.54) is 24.0 Å². The minimum Gasteiger partial charge on any atom is -0.394 e. The van der Waals surface area contributed by atoms with Crippen molar-refractivity contribution in [2.45, 2.75) is 37.4 Å². The molecule has 4 heteroatoms. The van der Waals surface area contributed by atoms with E-state index in [-0.39, 0.29) is 12.6 Å². The van der Waals surface area contributed by atoms with Gasteiger partial charge in [0, 0.05) is 38.3 Å². The van der Waals surface area contributed by atoms with Gasteiger partial charge in [0.05, 0.1) is 12.6 Å². The number of piperidine rings is 1. The summed E-state index contributed by atoms with van der Waals surface area (Å²) in [5.74, 6) is 0. The van der Waals surface area contributed by atoms with Crippen molar-refractivity contribution >= 4 is 0 Å². The molecule has 4 nitrogen and oxygen atoms in total. The van der Waals surface area contributed by atoms with E-state index >= 15 is 0 Å².